The van der Waals surface area contributed by atoms with Gasteiger partial charge in [-0.2, -0.15) is 0 Å². The molecule has 1 atom stereocenters. The third-order valence-corrected chi connectivity index (χ3v) is 3.91. The Morgan fingerprint density at radius 1 is 1.10 bits per heavy atom. The lowest BCUT2D eigenvalue weighted by atomic mass is 10.0. The number of benzene rings is 2. The first-order chi connectivity index (χ1) is 10.0. The van der Waals surface area contributed by atoms with Gasteiger partial charge in [0, 0.05) is 17.7 Å². The second-order valence-electron chi connectivity index (χ2n) is 4.57. The molecule has 2 rings (SSSR count). The zero-order valence-corrected chi connectivity index (χ0v) is 13.0. The van der Waals surface area contributed by atoms with E-state index in [0.29, 0.717) is 30.1 Å². The molecule has 5 heteroatoms. The third-order valence-electron chi connectivity index (χ3n) is 2.92. The number of halogens is 4. The summed E-state index contributed by atoms with van der Waals surface area (Å²) in [4.78, 5) is -0.719. The first-order valence-electron chi connectivity index (χ1n) is 6.54. The fourth-order valence-corrected chi connectivity index (χ4v) is 2.67. The van der Waals surface area contributed by atoms with E-state index in [1.54, 1.807) is 24.3 Å². The van der Waals surface area contributed by atoms with E-state index in [4.69, 9.17) is 4.74 Å². The van der Waals surface area contributed by atoms with Gasteiger partial charge in [-0.3, -0.25) is 0 Å². The highest BCUT2D eigenvalue weighted by molar-refractivity contribution is 9.09. The second kappa shape index (κ2) is 6.98. The molecule has 0 aliphatic heterocycles. The maximum absolute atomic E-state index is 13.8. The van der Waals surface area contributed by atoms with Crippen LogP contribution in [0.15, 0.2) is 36.4 Å². The van der Waals surface area contributed by atoms with Crippen LogP contribution in [0.3, 0.4) is 0 Å². The van der Waals surface area contributed by atoms with E-state index in [9.17, 15) is 13.2 Å². The molecule has 0 amide bonds. The Hall–Kier alpha value is -1.49. The van der Waals surface area contributed by atoms with Crippen molar-refractivity contribution in [2.45, 2.75) is 18.2 Å². The highest BCUT2D eigenvalue weighted by Gasteiger charge is 2.21. The van der Waals surface area contributed by atoms with Crippen LogP contribution < -0.4 is 4.74 Å². The normalized spacial score (nSPS) is 12.2. The van der Waals surface area contributed by atoms with Gasteiger partial charge in [-0.05, 0) is 24.1 Å². The molecular weight excluding hydrogens is 345 g/mol. The van der Waals surface area contributed by atoms with Crippen LogP contribution in [-0.2, 0) is 0 Å². The molecule has 0 saturated carbocycles. The summed E-state index contributed by atoms with van der Waals surface area (Å²) in [5, 5.41) is 0. The maximum atomic E-state index is 13.8. The molecule has 1 nitrogen and oxygen atoms in total. The number of hydrogen-bond acceptors (Lipinski definition) is 1. The Morgan fingerprint density at radius 3 is 2.38 bits per heavy atom. The first-order valence-corrected chi connectivity index (χ1v) is 7.45. The summed E-state index contributed by atoms with van der Waals surface area (Å²) in [5.41, 5.74) is 0.414. The van der Waals surface area contributed by atoms with Crippen LogP contribution in [0.1, 0.15) is 29.3 Å². The molecular formula is C16H14BrF3O. The molecule has 0 aromatic heterocycles. The molecule has 112 valence electrons. The van der Waals surface area contributed by atoms with Crippen LogP contribution in [-0.4, -0.2) is 6.61 Å². The van der Waals surface area contributed by atoms with Gasteiger partial charge in [-0.1, -0.05) is 35.0 Å². The summed E-state index contributed by atoms with van der Waals surface area (Å²) in [6.07, 6.45) is 0.864. The van der Waals surface area contributed by atoms with Crippen molar-refractivity contribution in [3.8, 4) is 5.75 Å². The van der Waals surface area contributed by atoms with E-state index in [2.05, 4.69) is 15.9 Å². The standard InChI is InChI=1S/C16H14BrF3O/c1-2-6-21-12-5-3-4-10(7-12)16(17)15-13(19)8-11(18)9-14(15)20/h3-5,7-9,16H,2,6H2,1H3. The van der Waals surface area contributed by atoms with Crippen molar-refractivity contribution in [3.05, 3.63) is 65.0 Å². The zero-order valence-electron chi connectivity index (χ0n) is 11.4. The molecule has 2 aromatic rings. The van der Waals surface area contributed by atoms with Gasteiger partial charge in [-0.25, -0.2) is 13.2 Å². The van der Waals surface area contributed by atoms with Crippen molar-refractivity contribution in [2.24, 2.45) is 0 Å². The molecule has 0 heterocycles. The molecule has 0 saturated heterocycles. The summed E-state index contributed by atoms with van der Waals surface area (Å²) < 4.78 is 46.1. The van der Waals surface area contributed by atoms with Gasteiger partial charge in [0.2, 0.25) is 0 Å². The summed E-state index contributed by atoms with van der Waals surface area (Å²) in [5.74, 6) is -2.15. The van der Waals surface area contributed by atoms with Crippen LogP contribution in [0.5, 0.6) is 5.75 Å². The number of ether oxygens (including phenoxy) is 1. The lowest BCUT2D eigenvalue weighted by Crippen LogP contribution is -2.02. The third kappa shape index (κ3) is 3.79. The Kier molecular flexibility index (Phi) is 5.28. The summed E-state index contributed by atoms with van der Waals surface area (Å²) in [7, 11) is 0. The predicted octanol–water partition coefficient (Wildman–Crippen LogP) is 5.38. The van der Waals surface area contributed by atoms with E-state index >= 15 is 0 Å². The lowest BCUT2D eigenvalue weighted by molar-refractivity contribution is 0.317. The molecule has 0 radical (unpaired) electrons. The minimum atomic E-state index is -0.937. The van der Waals surface area contributed by atoms with E-state index in [-0.39, 0.29) is 5.56 Å². The highest BCUT2D eigenvalue weighted by Crippen LogP contribution is 2.35. The van der Waals surface area contributed by atoms with Crippen LogP contribution in [0.25, 0.3) is 0 Å². The number of alkyl halides is 1. The Bertz CT molecular complexity index is 608. The summed E-state index contributed by atoms with van der Waals surface area (Å²) in [6.45, 7) is 2.55. The summed E-state index contributed by atoms with van der Waals surface area (Å²) in [6, 6.07) is 8.29. The number of rotatable bonds is 5. The molecule has 2 aromatic carbocycles. The van der Waals surface area contributed by atoms with Crippen molar-refractivity contribution in [1.82, 2.24) is 0 Å². The van der Waals surface area contributed by atoms with Crippen LogP contribution >= 0.6 is 15.9 Å². The topological polar surface area (TPSA) is 9.23 Å². The predicted molar refractivity (Wildman–Crippen MR) is 79.3 cm³/mol. The Labute approximate surface area is 129 Å². The van der Waals surface area contributed by atoms with E-state index < -0.39 is 22.3 Å². The molecule has 0 spiro atoms. The van der Waals surface area contributed by atoms with Gasteiger partial charge in [0.15, 0.2) is 0 Å². The van der Waals surface area contributed by atoms with Gasteiger partial charge >= 0.3 is 0 Å². The van der Waals surface area contributed by atoms with Gasteiger partial charge in [-0.15, -0.1) is 0 Å². The van der Waals surface area contributed by atoms with Crippen LogP contribution in [0.4, 0.5) is 13.2 Å². The molecule has 1 unspecified atom stereocenters. The van der Waals surface area contributed by atoms with Crippen molar-refractivity contribution >= 4 is 15.9 Å². The smallest absolute Gasteiger partial charge is 0.133 e. The van der Waals surface area contributed by atoms with E-state index in [1.807, 2.05) is 6.92 Å². The zero-order chi connectivity index (χ0) is 15.4. The summed E-state index contributed by atoms with van der Waals surface area (Å²) >= 11 is 3.26. The van der Waals surface area contributed by atoms with E-state index in [0.717, 1.165) is 6.42 Å². The molecule has 0 bridgehead atoms. The Balaban J connectivity index is 2.34. The molecule has 21 heavy (non-hydrogen) atoms. The minimum Gasteiger partial charge on any atom is -0.494 e. The SMILES string of the molecule is CCCOc1cccc(C(Br)c2c(F)cc(F)cc2F)c1. The van der Waals surface area contributed by atoms with E-state index in [1.165, 1.54) is 0 Å². The maximum Gasteiger partial charge on any atom is 0.133 e. The lowest BCUT2D eigenvalue weighted by Gasteiger charge is -2.14. The molecule has 0 aliphatic rings. The van der Waals surface area contributed by atoms with Gasteiger partial charge in [0.1, 0.15) is 23.2 Å². The average molecular weight is 359 g/mol. The van der Waals surface area contributed by atoms with Crippen LogP contribution in [0, 0.1) is 17.5 Å². The average Bonchev–Trinajstić information content (AvgIpc) is 2.44. The largest absolute Gasteiger partial charge is 0.494 e. The molecule has 0 fully saturated rings. The number of hydrogen-bond donors (Lipinski definition) is 0. The van der Waals surface area contributed by atoms with Crippen LogP contribution in [0.2, 0.25) is 0 Å². The van der Waals surface area contributed by atoms with Crippen molar-refractivity contribution < 1.29 is 17.9 Å². The second-order valence-corrected chi connectivity index (χ2v) is 5.48. The Morgan fingerprint density at radius 2 is 1.76 bits per heavy atom. The fourth-order valence-electron chi connectivity index (χ4n) is 1.94. The molecule has 0 N–H and O–H groups in total. The van der Waals surface area contributed by atoms with Gasteiger partial charge in [0.05, 0.1) is 11.4 Å². The van der Waals surface area contributed by atoms with Crippen molar-refractivity contribution in [1.29, 1.82) is 0 Å². The van der Waals surface area contributed by atoms with Gasteiger partial charge in [0.25, 0.3) is 0 Å². The highest BCUT2D eigenvalue weighted by atomic mass is 79.9. The minimum absolute atomic E-state index is 0.218. The monoisotopic (exact) mass is 358 g/mol. The molecule has 0 aliphatic carbocycles. The first kappa shape index (κ1) is 15.9. The van der Waals surface area contributed by atoms with Crippen molar-refractivity contribution in [3.63, 3.8) is 0 Å². The fraction of sp³-hybridized carbons (Fsp3) is 0.250. The van der Waals surface area contributed by atoms with Crippen molar-refractivity contribution in [2.75, 3.05) is 6.61 Å². The van der Waals surface area contributed by atoms with Gasteiger partial charge < -0.3 is 4.74 Å². The quantitative estimate of drug-likeness (QED) is 0.652.